The Morgan fingerprint density at radius 2 is 2.42 bits per heavy atom. The van der Waals surface area contributed by atoms with E-state index in [-0.39, 0.29) is 18.0 Å². The van der Waals surface area contributed by atoms with Gasteiger partial charge >= 0.3 is 5.97 Å². The van der Waals surface area contributed by atoms with E-state index in [0.29, 0.717) is 18.1 Å². The minimum Gasteiger partial charge on any atom is -0.462 e. The molecule has 1 aromatic rings. The zero-order chi connectivity index (χ0) is 13.8. The van der Waals surface area contributed by atoms with Crippen LogP contribution >= 0.6 is 11.3 Å². The molecule has 1 N–H and O–H groups in total. The van der Waals surface area contributed by atoms with Gasteiger partial charge in [-0.3, -0.25) is 0 Å². The minimum absolute atomic E-state index is 0.0561. The van der Waals surface area contributed by atoms with Gasteiger partial charge in [0.25, 0.3) is 0 Å². The van der Waals surface area contributed by atoms with Crippen molar-refractivity contribution in [2.75, 3.05) is 26.3 Å². The average molecular weight is 284 g/mol. The first-order valence-corrected chi connectivity index (χ1v) is 7.45. The maximum absolute atomic E-state index is 12.0. The highest BCUT2D eigenvalue weighted by Crippen LogP contribution is 2.31. The van der Waals surface area contributed by atoms with Crippen molar-refractivity contribution in [1.82, 2.24) is 10.3 Å². The first kappa shape index (κ1) is 14.4. The standard InChI is InChI=1S/C13H20N2O3S/c1-4-17-13(16)11-10(8(2)3)15-12(19-11)9-7-14-5-6-18-9/h8-9,14H,4-7H2,1-3H3. The van der Waals surface area contributed by atoms with Crippen molar-refractivity contribution in [3.05, 3.63) is 15.6 Å². The predicted molar refractivity (Wildman–Crippen MR) is 73.7 cm³/mol. The van der Waals surface area contributed by atoms with Crippen LogP contribution in [0.2, 0.25) is 0 Å². The molecule has 1 aliphatic rings. The van der Waals surface area contributed by atoms with Gasteiger partial charge in [-0.05, 0) is 12.8 Å². The van der Waals surface area contributed by atoms with Gasteiger partial charge in [0, 0.05) is 13.1 Å². The van der Waals surface area contributed by atoms with Crippen molar-refractivity contribution in [2.24, 2.45) is 0 Å². The molecule has 0 aromatic carbocycles. The Balaban J connectivity index is 2.26. The van der Waals surface area contributed by atoms with E-state index in [1.54, 1.807) is 0 Å². The van der Waals surface area contributed by atoms with Crippen LogP contribution < -0.4 is 5.32 Å². The van der Waals surface area contributed by atoms with Crippen LogP contribution in [-0.4, -0.2) is 37.3 Å². The number of nitrogens with one attached hydrogen (secondary N) is 1. The quantitative estimate of drug-likeness (QED) is 0.858. The summed E-state index contributed by atoms with van der Waals surface area (Å²) in [6.45, 7) is 8.53. The lowest BCUT2D eigenvalue weighted by Crippen LogP contribution is -2.33. The smallest absolute Gasteiger partial charge is 0.350 e. The third kappa shape index (κ3) is 3.32. The predicted octanol–water partition coefficient (Wildman–Crippen LogP) is 2.10. The number of hydrogen-bond acceptors (Lipinski definition) is 6. The topological polar surface area (TPSA) is 60.5 Å². The van der Waals surface area contributed by atoms with Gasteiger partial charge in [0.1, 0.15) is 16.0 Å². The number of rotatable bonds is 4. The highest BCUT2D eigenvalue weighted by Gasteiger charge is 2.26. The van der Waals surface area contributed by atoms with E-state index in [1.807, 2.05) is 20.8 Å². The molecule has 5 nitrogen and oxygen atoms in total. The molecule has 0 amide bonds. The summed E-state index contributed by atoms with van der Waals surface area (Å²) >= 11 is 1.39. The molecule has 0 bridgehead atoms. The summed E-state index contributed by atoms with van der Waals surface area (Å²) in [6.07, 6.45) is -0.0561. The van der Waals surface area contributed by atoms with Crippen LogP contribution in [0.4, 0.5) is 0 Å². The van der Waals surface area contributed by atoms with Crippen LogP contribution in [-0.2, 0) is 9.47 Å². The fourth-order valence-electron chi connectivity index (χ4n) is 1.95. The number of thiazole rings is 1. The van der Waals surface area contributed by atoms with Crippen molar-refractivity contribution in [2.45, 2.75) is 32.8 Å². The highest BCUT2D eigenvalue weighted by atomic mass is 32.1. The number of ether oxygens (including phenoxy) is 2. The summed E-state index contributed by atoms with van der Waals surface area (Å²) < 4.78 is 10.8. The maximum Gasteiger partial charge on any atom is 0.350 e. The molecule has 106 valence electrons. The molecule has 0 aliphatic carbocycles. The van der Waals surface area contributed by atoms with Gasteiger partial charge in [-0.1, -0.05) is 13.8 Å². The van der Waals surface area contributed by atoms with E-state index in [1.165, 1.54) is 11.3 Å². The van der Waals surface area contributed by atoms with Crippen LogP contribution in [0.1, 0.15) is 53.2 Å². The average Bonchev–Trinajstić information content (AvgIpc) is 2.85. The van der Waals surface area contributed by atoms with Gasteiger partial charge in [0.15, 0.2) is 0 Å². The molecule has 0 saturated carbocycles. The van der Waals surface area contributed by atoms with Crippen LogP contribution in [0, 0.1) is 0 Å². The SMILES string of the molecule is CCOC(=O)c1sc(C2CNCCO2)nc1C(C)C. The van der Waals surface area contributed by atoms with E-state index in [4.69, 9.17) is 9.47 Å². The fraction of sp³-hybridized carbons (Fsp3) is 0.692. The Morgan fingerprint density at radius 3 is 3.00 bits per heavy atom. The van der Waals surface area contributed by atoms with Crippen molar-refractivity contribution in [1.29, 1.82) is 0 Å². The zero-order valence-corrected chi connectivity index (χ0v) is 12.4. The number of nitrogens with zero attached hydrogens (tertiary/aromatic N) is 1. The molecule has 1 unspecified atom stereocenters. The highest BCUT2D eigenvalue weighted by molar-refractivity contribution is 7.13. The van der Waals surface area contributed by atoms with Gasteiger partial charge in [0.2, 0.25) is 0 Å². The van der Waals surface area contributed by atoms with E-state index >= 15 is 0 Å². The first-order valence-electron chi connectivity index (χ1n) is 6.63. The van der Waals surface area contributed by atoms with Gasteiger partial charge in [-0.25, -0.2) is 9.78 Å². The summed E-state index contributed by atoms with van der Waals surface area (Å²) in [4.78, 5) is 17.2. The normalized spacial score (nSPS) is 19.7. The molecule has 2 rings (SSSR count). The summed E-state index contributed by atoms with van der Waals surface area (Å²) in [5.74, 6) is -0.0836. The van der Waals surface area contributed by atoms with E-state index < -0.39 is 0 Å². The lowest BCUT2D eigenvalue weighted by atomic mass is 10.1. The second-order valence-electron chi connectivity index (χ2n) is 4.71. The Morgan fingerprint density at radius 1 is 1.63 bits per heavy atom. The molecule has 19 heavy (non-hydrogen) atoms. The number of esters is 1. The summed E-state index contributed by atoms with van der Waals surface area (Å²) in [5.41, 5.74) is 0.813. The Kier molecular flexibility index (Phi) is 4.90. The molecule has 1 atom stereocenters. The largest absolute Gasteiger partial charge is 0.462 e. The zero-order valence-electron chi connectivity index (χ0n) is 11.6. The summed E-state index contributed by atoms with van der Waals surface area (Å²) in [7, 11) is 0. The van der Waals surface area contributed by atoms with Crippen molar-refractivity contribution in [3.8, 4) is 0 Å². The fourth-order valence-corrected chi connectivity index (χ4v) is 3.11. The lowest BCUT2D eigenvalue weighted by Gasteiger charge is -2.21. The molecule has 1 fully saturated rings. The van der Waals surface area contributed by atoms with Crippen LogP contribution in [0.3, 0.4) is 0 Å². The van der Waals surface area contributed by atoms with E-state index in [2.05, 4.69) is 10.3 Å². The lowest BCUT2D eigenvalue weighted by molar-refractivity contribution is 0.0274. The summed E-state index contributed by atoms with van der Waals surface area (Å²) in [6, 6.07) is 0. The van der Waals surface area contributed by atoms with E-state index in [9.17, 15) is 4.79 Å². The molecule has 1 aromatic heterocycles. The maximum atomic E-state index is 12.0. The minimum atomic E-state index is -0.279. The van der Waals surface area contributed by atoms with Gasteiger partial charge in [0.05, 0.1) is 18.9 Å². The number of hydrogen-bond donors (Lipinski definition) is 1. The number of carbonyl (C=O) groups excluding carboxylic acids is 1. The molecular weight excluding hydrogens is 264 g/mol. The Bertz CT molecular complexity index is 439. The van der Waals surface area contributed by atoms with Crippen molar-refractivity contribution in [3.63, 3.8) is 0 Å². The van der Waals surface area contributed by atoms with Gasteiger partial charge in [-0.15, -0.1) is 11.3 Å². The third-order valence-corrected chi connectivity index (χ3v) is 4.02. The van der Waals surface area contributed by atoms with Crippen molar-refractivity contribution >= 4 is 17.3 Å². The van der Waals surface area contributed by atoms with Crippen LogP contribution in [0.25, 0.3) is 0 Å². The monoisotopic (exact) mass is 284 g/mol. The third-order valence-electron chi connectivity index (χ3n) is 2.88. The second kappa shape index (κ2) is 6.45. The Hall–Kier alpha value is -0.980. The molecular formula is C13H20N2O3S. The molecule has 6 heteroatoms. The van der Waals surface area contributed by atoms with Crippen LogP contribution in [0.15, 0.2) is 0 Å². The summed E-state index contributed by atoms with van der Waals surface area (Å²) in [5, 5.41) is 4.13. The van der Waals surface area contributed by atoms with E-state index in [0.717, 1.165) is 23.8 Å². The molecule has 2 heterocycles. The number of carbonyl (C=O) groups is 1. The molecule has 0 spiro atoms. The second-order valence-corrected chi connectivity index (χ2v) is 5.74. The van der Waals surface area contributed by atoms with Crippen molar-refractivity contribution < 1.29 is 14.3 Å². The number of morpholine rings is 1. The molecule has 0 radical (unpaired) electrons. The Labute approximate surface area is 117 Å². The molecule has 1 saturated heterocycles. The first-order chi connectivity index (χ1) is 9.13. The molecule has 1 aliphatic heterocycles. The van der Waals surface area contributed by atoms with Crippen LogP contribution in [0.5, 0.6) is 0 Å². The number of aromatic nitrogens is 1. The van der Waals surface area contributed by atoms with Gasteiger partial charge < -0.3 is 14.8 Å². The van der Waals surface area contributed by atoms with Gasteiger partial charge in [-0.2, -0.15) is 0 Å².